The van der Waals surface area contributed by atoms with E-state index in [1.807, 2.05) is 32.2 Å². The molecule has 3 heterocycles. The van der Waals surface area contributed by atoms with Gasteiger partial charge in [-0.15, -0.1) is 0 Å². The maximum Gasteiger partial charge on any atom is 0.141 e. The third kappa shape index (κ3) is 2.41. The lowest BCUT2D eigenvalue weighted by Gasteiger charge is -2.24. The van der Waals surface area contributed by atoms with Gasteiger partial charge in [0.25, 0.3) is 0 Å². The molecule has 0 amide bonds. The minimum absolute atomic E-state index is 0.0163. The van der Waals surface area contributed by atoms with E-state index in [0.717, 1.165) is 48.0 Å². The van der Waals surface area contributed by atoms with Crippen molar-refractivity contribution in [1.29, 1.82) is 0 Å². The third-order valence-corrected chi connectivity index (χ3v) is 3.73. The molecule has 106 valence electrons. The zero-order valence-corrected chi connectivity index (χ0v) is 12.1. The van der Waals surface area contributed by atoms with Gasteiger partial charge in [0.05, 0.1) is 17.8 Å². The van der Waals surface area contributed by atoms with Crippen LogP contribution in [0.4, 0.5) is 5.82 Å². The zero-order chi connectivity index (χ0) is 14.2. The number of nitrogens with one attached hydrogen (secondary N) is 1. The highest BCUT2D eigenvalue weighted by atomic mass is 16.5. The van der Waals surface area contributed by atoms with Gasteiger partial charge in [0.1, 0.15) is 11.6 Å². The molecular formula is C15H19N3O2. The molecule has 0 saturated carbocycles. The minimum atomic E-state index is -0.0163. The SMILES string of the molecule is Cc1noc(C)c1-c1ccc(NC2(C)CCOC2)nc1. The van der Waals surface area contributed by atoms with Crippen molar-refractivity contribution in [3.05, 3.63) is 29.8 Å². The van der Waals surface area contributed by atoms with Gasteiger partial charge in [-0.25, -0.2) is 4.98 Å². The number of ether oxygens (including phenoxy) is 1. The fourth-order valence-electron chi connectivity index (χ4n) is 2.59. The van der Waals surface area contributed by atoms with Crippen LogP contribution in [0, 0.1) is 13.8 Å². The highest BCUT2D eigenvalue weighted by Crippen LogP contribution is 2.28. The summed E-state index contributed by atoms with van der Waals surface area (Å²) in [6.07, 6.45) is 2.86. The Labute approximate surface area is 118 Å². The van der Waals surface area contributed by atoms with E-state index in [9.17, 15) is 0 Å². The highest BCUT2D eigenvalue weighted by molar-refractivity contribution is 5.67. The summed E-state index contributed by atoms with van der Waals surface area (Å²) in [7, 11) is 0. The molecule has 1 atom stereocenters. The molecule has 2 aromatic heterocycles. The topological polar surface area (TPSA) is 60.2 Å². The Kier molecular flexibility index (Phi) is 3.22. The van der Waals surface area contributed by atoms with Gasteiger partial charge in [0, 0.05) is 23.9 Å². The van der Waals surface area contributed by atoms with Crippen LogP contribution in [0.25, 0.3) is 11.1 Å². The fourth-order valence-corrected chi connectivity index (χ4v) is 2.59. The lowest BCUT2D eigenvalue weighted by Crippen LogP contribution is -2.35. The summed E-state index contributed by atoms with van der Waals surface area (Å²) in [6.45, 7) is 7.54. The second kappa shape index (κ2) is 4.90. The van der Waals surface area contributed by atoms with Crippen LogP contribution in [0.2, 0.25) is 0 Å². The number of aryl methyl sites for hydroxylation is 2. The number of anilines is 1. The summed E-state index contributed by atoms with van der Waals surface area (Å²) in [5, 5.41) is 7.42. The Bertz CT molecular complexity index is 579. The second-order valence-corrected chi connectivity index (χ2v) is 5.62. The van der Waals surface area contributed by atoms with Gasteiger partial charge in [0.15, 0.2) is 0 Å². The van der Waals surface area contributed by atoms with Gasteiger partial charge in [-0.05, 0) is 39.3 Å². The molecule has 3 rings (SSSR count). The van der Waals surface area contributed by atoms with Crippen LogP contribution in [0.5, 0.6) is 0 Å². The molecule has 5 nitrogen and oxygen atoms in total. The molecule has 0 radical (unpaired) electrons. The number of hydrogen-bond donors (Lipinski definition) is 1. The van der Waals surface area contributed by atoms with Crippen molar-refractivity contribution in [3.63, 3.8) is 0 Å². The second-order valence-electron chi connectivity index (χ2n) is 5.62. The normalized spacial score (nSPS) is 22.1. The largest absolute Gasteiger partial charge is 0.379 e. The molecule has 2 aromatic rings. The van der Waals surface area contributed by atoms with Crippen molar-refractivity contribution in [2.24, 2.45) is 0 Å². The van der Waals surface area contributed by atoms with Gasteiger partial charge in [0.2, 0.25) is 0 Å². The van der Waals surface area contributed by atoms with Crippen LogP contribution in [0.15, 0.2) is 22.9 Å². The first kappa shape index (κ1) is 13.1. The molecule has 0 bridgehead atoms. The summed E-state index contributed by atoms with van der Waals surface area (Å²) < 4.78 is 10.6. The Morgan fingerprint density at radius 1 is 1.30 bits per heavy atom. The van der Waals surface area contributed by atoms with Crippen molar-refractivity contribution in [3.8, 4) is 11.1 Å². The number of pyridine rings is 1. The Balaban J connectivity index is 1.81. The highest BCUT2D eigenvalue weighted by Gasteiger charge is 2.29. The molecule has 20 heavy (non-hydrogen) atoms. The van der Waals surface area contributed by atoms with Crippen LogP contribution in [-0.2, 0) is 4.74 Å². The molecule has 0 aromatic carbocycles. The van der Waals surface area contributed by atoms with E-state index in [4.69, 9.17) is 9.26 Å². The summed E-state index contributed by atoms with van der Waals surface area (Å²) in [4.78, 5) is 4.49. The number of nitrogens with zero attached hydrogens (tertiary/aromatic N) is 2. The van der Waals surface area contributed by atoms with E-state index in [-0.39, 0.29) is 5.54 Å². The van der Waals surface area contributed by atoms with Gasteiger partial charge in [-0.3, -0.25) is 0 Å². The van der Waals surface area contributed by atoms with Crippen molar-refractivity contribution < 1.29 is 9.26 Å². The van der Waals surface area contributed by atoms with E-state index in [1.54, 1.807) is 0 Å². The first-order valence-corrected chi connectivity index (χ1v) is 6.83. The summed E-state index contributed by atoms with van der Waals surface area (Å²) in [5.74, 6) is 1.69. The molecule has 0 spiro atoms. The summed E-state index contributed by atoms with van der Waals surface area (Å²) >= 11 is 0. The third-order valence-electron chi connectivity index (χ3n) is 3.73. The number of hydrogen-bond acceptors (Lipinski definition) is 5. The molecule has 0 aliphatic carbocycles. The lowest BCUT2D eigenvalue weighted by atomic mass is 10.0. The standard InChI is InChI=1S/C15H19N3O2/c1-10-14(11(2)20-18-10)12-4-5-13(16-8-12)17-15(3)6-7-19-9-15/h4-5,8H,6-7,9H2,1-3H3,(H,16,17). The first-order valence-electron chi connectivity index (χ1n) is 6.83. The smallest absolute Gasteiger partial charge is 0.141 e. The van der Waals surface area contributed by atoms with E-state index in [2.05, 4.69) is 22.4 Å². The summed E-state index contributed by atoms with van der Waals surface area (Å²) in [6, 6.07) is 4.03. The maximum absolute atomic E-state index is 5.44. The Morgan fingerprint density at radius 2 is 2.15 bits per heavy atom. The molecule has 1 saturated heterocycles. The molecule has 1 N–H and O–H groups in total. The fraction of sp³-hybridized carbons (Fsp3) is 0.467. The Hall–Kier alpha value is -1.88. The lowest BCUT2D eigenvalue weighted by molar-refractivity contribution is 0.185. The van der Waals surface area contributed by atoms with Crippen LogP contribution < -0.4 is 5.32 Å². The average Bonchev–Trinajstić information content (AvgIpc) is 2.98. The predicted octanol–water partition coefficient (Wildman–Crippen LogP) is 2.94. The van der Waals surface area contributed by atoms with Crippen molar-refractivity contribution in [2.75, 3.05) is 18.5 Å². The summed E-state index contributed by atoms with van der Waals surface area (Å²) in [5.41, 5.74) is 2.93. The monoisotopic (exact) mass is 273 g/mol. The molecule has 1 aliphatic heterocycles. The van der Waals surface area contributed by atoms with E-state index in [0.29, 0.717) is 0 Å². The Morgan fingerprint density at radius 3 is 2.70 bits per heavy atom. The minimum Gasteiger partial charge on any atom is -0.379 e. The van der Waals surface area contributed by atoms with Crippen LogP contribution in [0.3, 0.4) is 0 Å². The van der Waals surface area contributed by atoms with Gasteiger partial charge < -0.3 is 14.6 Å². The van der Waals surface area contributed by atoms with Crippen molar-refractivity contribution in [2.45, 2.75) is 32.7 Å². The first-order chi connectivity index (χ1) is 9.57. The van der Waals surface area contributed by atoms with Crippen LogP contribution in [0.1, 0.15) is 24.8 Å². The van der Waals surface area contributed by atoms with E-state index in [1.165, 1.54) is 0 Å². The molecular weight excluding hydrogens is 254 g/mol. The van der Waals surface area contributed by atoms with Crippen molar-refractivity contribution >= 4 is 5.82 Å². The maximum atomic E-state index is 5.44. The molecule has 1 unspecified atom stereocenters. The zero-order valence-electron chi connectivity index (χ0n) is 12.1. The molecule has 5 heteroatoms. The van der Waals surface area contributed by atoms with Gasteiger partial charge >= 0.3 is 0 Å². The number of aromatic nitrogens is 2. The van der Waals surface area contributed by atoms with Gasteiger partial charge in [-0.2, -0.15) is 0 Å². The van der Waals surface area contributed by atoms with Crippen molar-refractivity contribution in [1.82, 2.24) is 10.1 Å². The van der Waals surface area contributed by atoms with E-state index < -0.39 is 0 Å². The van der Waals surface area contributed by atoms with Crippen LogP contribution in [-0.4, -0.2) is 28.9 Å². The average molecular weight is 273 g/mol. The predicted molar refractivity (Wildman–Crippen MR) is 76.7 cm³/mol. The van der Waals surface area contributed by atoms with E-state index >= 15 is 0 Å². The van der Waals surface area contributed by atoms with Gasteiger partial charge in [-0.1, -0.05) is 5.16 Å². The quantitative estimate of drug-likeness (QED) is 0.931. The number of rotatable bonds is 3. The molecule has 1 aliphatic rings. The molecule has 1 fully saturated rings. The van der Waals surface area contributed by atoms with Crippen LogP contribution >= 0.6 is 0 Å².